The first kappa shape index (κ1) is 19.9. The van der Waals surface area contributed by atoms with Crippen LogP contribution in [0, 0.1) is 5.92 Å². The molecule has 23 heavy (non-hydrogen) atoms. The minimum atomic E-state index is -4.12. The smallest absolute Gasteiger partial charge is 0.449 e. The van der Waals surface area contributed by atoms with E-state index in [1.807, 2.05) is 24.3 Å². The third-order valence-electron chi connectivity index (χ3n) is 3.20. The molecule has 9 heteroatoms. The largest absolute Gasteiger partial charge is 0.472 e. The van der Waals surface area contributed by atoms with Gasteiger partial charge in [0.1, 0.15) is 0 Å². The maximum Gasteiger partial charge on any atom is 0.472 e. The van der Waals surface area contributed by atoms with Gasteiger partial charge in [-0.15, -0.1) is 0 Å². The van der Waals surface area contributed by atoms with Crippen LogP contribution in [0.15, 0.2) is 24.3 Å². The fourth-order valence-electron chi connectivity index (χ4n) is 1.95. The zero-order valence-electron chi connectivity index (χ0n) is 13.1. The summed E-state index contributed by atoms with van der Waals surface area (Å²) in [5.74, 6) is 0.179. The van der Waals surface area contributed by atoms with E-state index in [4.69, 9.17) is 14.4 Å². The van der Waals surface area contributed by atoms with Crippen LogP contribution in [-0.4, -0.2) is 49.1 Å². The Morgan fingerprint density at radius 3 is 2.83 bits per heavy atom. The number of carbonyl (C=O) groups excluding carboxylic acids is 1. The molecular weight excluding hydrogens is 325 g/mol. The van der Waals surface area contributed by atoms with Crippen molar-refractivity contribution in [3.8, 4) is 0 Å². The summed E-state index contributed by atoms with van der Waals surface area (Å²) in [6, 6.07) is 0. The highest BCUT2D eigenvalue weighted by Gasteiger charge is 2.24. The minimum absolute atomic E-state index is 0.157. The van der Waals surface area contributed by atoms with Gasteiger partial charge >= 0.3 is 13.9 Å². The molecule has 0 heterocycles. The van der Waals surface area contributed by atoms with Gasteiger partial charge in [0.15, 0.2) is 0 Å². The zero-order chi connectivity index (χ0) is 17.1. The molecule has 0 aromatic rings. The van der Waals surface area contributed by atoms with Crippen molar-refractivity contribution >= 4 is 13.9 Å². The zero-order valence-corrected chi connectivity index (χ0v) is 14.0. The molecule has 0 radical (unpaired) electrons. The highest BCUT2D eigenvalue weighted by Crippen LogP contribution is 2.44. The second kappa shape index (κ2) is 10.6. The number of allylic oxidation sites excluding steroid dienone is 3. The topological polar surface area (TPSA) is 114 Å². The number of carbonyl (C=O) groups is 1. The number of phosphoric acid groups is 1. The quantitative estimate of drug-likeness (QED) is 0.515. The van der Waals surface area contributed by atoms with Crippen LogP contribution in [0.1, 0.15) is 19.3 Å². The number of hydrogen-bond donors (Lipinski definition) is 3. The second-order valence-electron chi connectivity index (χ2n) is 5.01. The molecule has 0 aliphatic heterocycles. The highest BCUT2D eigenvalue weighted by atomic mass is 31.2. The predicted octanol–water partition coefficient (Wildman–Crippen LogP) is 1.75. The van der Waals surface area contributed by atoms with Gasteiger partial charge in [0.25, 0.3) is 0 Å². The molecule has 0 bridgehead atoms. The molecule has 0 fully saturated rings. The summed E-state index contributed by atoms with van der Waals surface area (Å²) in [6.45, 7) is 0.271. The van der Waals surface area contributed by atoms with Crippen molar-refractivity contribution in [3.05, 3.63) is 24.3 Å². The Bertz CT molecular complexity index is 466. The van der Waals surface area contributed by atoms with Gasteiger partial charge in [-0.3, -0.25) is 9.05 Å². The Morgan fingerprint density at radius 2 is 2.22 bits per heavy atom. The first-order valence-electron chi connectivity index (χ1n) is 7.38. The van der Waals surface area contributed by atoms with Crippen LogP contribution in [0.5, 0.6) is 0 Å². The van der Waals surface area contributed by atoms with Crippen molar-refractivity contribution in [2.24, 2.45) is 5.92 Å². The van der Waals surface area contributed by atoms with E-state index in [0.717, 1.165) is 13.5 Å². The number of rotatable bonds is 10. The molecular formula is C14H24NO7P. The number of aliphatic hydroxyl groups is 1. The number of ether oxygens (including phenoxy) is 1. The van der Waals surface area contributed by atoms with Gasteiger partial charge in [0, 0.05) is 26.2 Å². The molecule has 0 saturated carbocycles. The van der Waals surface area contributed by atoms with E-state index in [9.17, 15) is 14.3 Å². The van der Waals surface area contributed by atoms with Crippen LogP contribution in [0.25, 0.3) is 0 Å². The standard InChI is InChI=1S/C14H24NO7P/c1-20-23(18,19)22-13(8-10-16)7-9-15-14(17)21-11-12-5-3-2-4-6-12/h2-5,12-13,16H,6-11H2,1H3,(H,15,17)(H,18,19). The number of alkyl carbamates (subject to hydrolysis) is 1. The van der Waals surface area contributed by atoms with Crippen molar-refractivity contribution in [1.82, 2.24) is 5.32 Å². The van der Waals surface area contributed by atoms with Gasteiger partial charge in [-0.25, -0.2) is 9.36 Å². The molecule has 3 unspecified atom stereocenters. The number of amides is 1. The minimum Gasteiger partial charge on any atom is -0.449 e. The van der Waals surface area contributed by atoms with Crippen molar-refractivity contribution in [2.75, 3.05) is 26.9 Å². The molecule has 0 spiro atoms. The Balaban J connectivity index is 2.23. The van der Waals surface area contributed by atoms with Gasteiger partial charge in [-0.05, 0) is 19.3 Å². The molecule has 1 rings (SSSR count). The fourth-order valence-corrected chi connectivity index (χ4v) is 2.62. The molecule has 3 atom stereocenters. The van der Waals surface area contributed by atoms with E-state index in [1.165, 1.54) is 0 Å². The first-order valence-corrected chi connectivity index (χ1v) is 8.88. The average Bonchev–Trinajstić information content (AvgIpc) is 2.54. The molecule has 0 saturated heterocycles. The lowest BCUT2D eigenvalue weighted by Gasteiger charge is -2.19. The molecule has 1 aliphatic carbocycles. The monoisotopic (exact) mass is 349 g/mol. The van der Waals surface area contributed by atoms with E-state index in [0.29, 0.717) is 6.61 Å². The van der Waals surface area contributed by atoms with Crippen molar-refractivity contribution in [1.29, 1.82) is 0 Å². The summed E-state index contributed by atoms with van der Waals surface area (Å²) in [4.78, 5) is 20.8. The number of nitrogens with one attached hydrogen (secondary N) is 1. The van der Waals surface area contributed by atoms with Crippen LogP contribution in [-0.2, 0) is 18.3 Å². The summed E-state index contributed by atoms with van der Waals surface area (Å²) in [6.07, 6.45) is 7.80. The lowest BCUT2D eigenvalue weighted by Crippen LogP contribution is -2.30. The summed E-state index contributed by atoms with van der Waals surface area (Å²) >= 11 is 0. The third-order valence-corrected chi connectivity index (χ3v) is 4.22. The van der Waals surface area contributed by atoms with E-state index in [1.54, 1.807) is 0 Å². The normalized spacial score (nSPS) is 20.7. The number of phosphoric ester groups is 1. The number of aliphatic hydroxyl groups excluding tert-OH is 1. The van der Waals surface area contributed by atoms with E-state index in [-0.39, 0.29) is 31.9 Å². The Hall–Kier alpha value is -1.18. The van der Waals surface area contributed by atoms with Gasteiger partial charge in [-0.2, -0.15) is 0 Å². The van der Waals surface area contributed by atoms with Crippen LogP contribution < -0.4 is 5.32 Å². The van der Waals surface area contributed by atoms with Crippen LogP contribution >= 0.6 is 7.82 Å². The highest BCUT2D eigenvalue weighted by molar-refractivity contribution is 7.47. The van der Waals surface area contributed by atoms with Gasteiger partial charge in [-0.1, -0.05) is 24.3 Å². The molecule has 0 aromatic heterocycles. The van der Waals surface area contributed by atoms with E-state index >= 15 is 0 Å². The Kier molecular flexibility index (Phi) is 9.13. The molecule has 3 N–H and O–H groups in total. The molecule has 1 aliphatic rings. The van der Waals surface area contributed by atoms with Gasteiger partial charge < -0.3 is 20.1 Å². The van der Waals surface area contributed by atoms with Crippen LogP contribution in [0.3, 0.4) is 0 Å². The first-order chi connectivity index (χ1) is 11.0. The van der Waals surface area contributed by atoms with E-state index in [2.05, 4.69) is 9.84 Å². The average molecular weight is 349 g/mol. The van der Waals surface area contributed by atoms with Gasteiger partial charge in [0.2, 0.25) is 0 Å². The Morgan fingerprint density at radius 1 is 1.43 bits per heavy atom. The van der Waals surface area contributed by atoms with Crippen LogP contribution in [0.2, 0.25) is 0 Å². The van der Waals surface area contributed by atoms with Crippen molar-refractivity contribution < 1.29 is 33.1 Å². The van der Waals surface area contributed by atoms with E-state index < -0.39 is 20.0 Å². The molecule has 1 amide bonds. The maximum absolute atomic E-state index is 11.6. The Labute approximate surface area is 135 Å². The summed E-state index contributed by atoms with van der Waals surface area (Å²) in [7, 11) is -3.07. The third kappa shape index (κ3) is 8.88. The summed E-state index contributed by atoms with van der Waals surface area (Å²) in [5.41, 5.74) is 0. The fraction of sp³-hybridized carbons (Fsp3) is 0.643. The van der Waals surface area contributed by atoms with Crippen LogP contribution in [0.4, 0.5) is 4.79 Å². The summed E-state index contributed by atoms with van der Waals surface area (Å²) in [5, 5.41) is 11.5. The lowest BCUT2D eigenvalue weighted by atomic mass is 10.0. The molecule has 0 aromatic carbocycles. The SMILES string of the molecule is COP(=O)(O)OC(CCO)CCNC(=O)OCC1C=CC=CC1. The predicted molar refractivity (Wildman–Crippen MR) is 83.8 cm³/mol. The molecule has 8 nitrogen and oxygen atoms in total. The summed E-state index contributed by atoms with van der Waals surface area (Å²) < 4.78 is 25.7. The lowest BCUT2D eigenvalue weighted by molar-refractivity contribution is 0.0915. The second-order valence-corrected chi connectivity index (χ2v) is 6.53. The number of hydrogen-bond acceptors (Lipinski definition) is 6. The van der Waals surface area contributed by atoms with Crippen molar-refractivity contribution in [3.63, 3.8) is 0 Å². The van der Waals surface area contributed by atoms with Crippen molar-refractivity contribution in [2.45, 2.75) is 25.4 Å². The maximum atomic E-state index is 11.6. The van der Waals surface area contributed by atoms with Gasteiger partial charge in [0.05, 0.1) is 12.7 Å². The molecule has 132 valence electrons.